The third-order valence-corrected chi connectivity index (χ3v) is 12.7. The van der Waals surface area contributed by atoms with E-state index in [0.717, 1.165) is 42.4 Å². The molecule has 1 heterocycles. The van der Waals surface area contributed by atoms with E-state index in [4.69, 9.17) is 33.7 Å². The molecule has 4 aromatic rings. The van der Waals surface area contributed by atoms with Crippen molar-refractivity contribution in [3.63, 3.8) is 0 Å². The van der Waals surface area contributed by atoms with Crippen molar-refractivity contribution in [2.24, 2.45) is 22.9 Å². The van der Waals surface area contributed by atoms with Crippen LogP contribution in [0.25, 0.3) is 0 Å². The number of oxime groups is 1. The number of allylic oxidation sites excluding steroid dienone is 1. The molecule has 348 valence electrons. The van der Waals surface area contributed by atoms with Crippen LogP contribution in [0.5, 0.6) is 23.0 Å². The third-order valence-electron chi connectivity index (χ3n) is 12.7. The highest BCUT2D eigenvalue weighted by Gasteiger charge is 2.65. The predicted octanol–water partition coefficient (Wildman–Crippen LogP) is 9.31. The summed E-state index contributed by atoms with van der Waals surface area (Å²) < 4.78 is 31.9. The maximum atomic E-state index is 14.3. The van der Waals surface area contributed by atoms with E-state index in [-0.39, 0.29) is 62.9 Å². The number of amides is 1. The van der Waals surface area contributed by atoms with Crippen molar-refractivity contribution in [2.75, 3.05) is 34.0 Å². The first-order valence-electron chi connectivity index (χ1n) is 22.3. The molecule has 2 aliphatic carbocycles. The molecular formula is C51H57N3O12. The molecule has 0 aromatic heterocycles. The molecule has 15 heteroatoms. The summed E-state index contributed by atoms with van der Waals surface area (Å²) >= 11 is 0. The number of ether oxygens (including phenoxy) is 5. The van der Waals surface area contributed by atoms with Gasteiger partial charge in [-0.25, -0.2) is 4.79 Å². The molecule has 4 aromatic carbocycles. The Morgan fingerprint density at radius 3 is 2.36 bits per heavy atom. The predicted molar refractivity (Wildman–Crippen MR) is 246 cm³/mol. The molecule has 3 aliphatic rings. The van der Waals surface area contributed by atoms with Gasteiger partial charge in [0.25, 0.3) is 5.69 Å². The van der Waals surface area contributed by atoms with Gasteiger partial charge in [-0.15, -0.1) is 6.58 Å². The first-order valence-corrected chi connectivity index (χ1v) is 22.3. The second kappa shape index (κ2) is 22.1. The average molecular weight is 904 g/mol. The van der Waals surface area contributed by atoms with E-state index in [1.54, 1.807) is 49.5 Å². The Morgan fingerprint density at radius 1 is 0.955 bits per heavy atom. The highest BCUT2D eigenvalue weighted by molar-refractivity contribution is 6.03. The Bertz CT molecular complexity index is 2390. The number of unbranched alkanes of at least 4 members (excludes halogenated alkanes) is 2. The Labute approximate surface area is 384 Å². The number of hydrogen-bond acceptors (Lipinski definition) is 13. The van der Waals surface area contributed by atoms with Crippen LogP contribution < -0.4 is 14.2 Å². The van der Waals surface area contributed by atoms with Crippen molar-refractivity contribution in [1.29, 1.82) is 0 Å². The van der Waals surface area contributed by atoms with E-state index in [2.05, 4.69) is 12.7 Å². The SMILES string of the molecule is C=CCOC12Oc3ccc(Oc4ccc(OC)c(C=O)c4)cc3C3C(CCCCO)C(CCCCO)C=C(C(=NOCc4ccc([N+](=O)[O-])cc4)CC1N(C)C(=O)OCc1ccccc1)C32. The fraction of sp³-hybridized carbons (Fsp3) is 0.392. The smallest absolute Gasteiger partial charge is 0.410 e. The van der Waals surface area contributed by atoms with Gasteiger partial charge in [0.2, 0.25) is 5.79 Å². The minimum Gasteiger partial charge on any atom is -0.496 e. The number of nitro groups is 1. The molecule has 1 saturated carbocycles. The lowest BCUT2D eigenvalue weighted by Gasteiger charge is -2.59. The zero-order valence-electron chi connectivity index (χ0n) is 37.3. The number of non-ortho nitro benzene ring substituents is 1. The summed E-state index contributed by atoms with van der Waals surface area (Å²) in [7, 11) is 3.15. The van der Waals surface area contributed by atoms with Crippen molar-refractivity contribution >= 4 is 23.8 Å². The Kier molecular flexibility index (Phi) is 15.9. The number of methoxy groups -OCH3 is 1. The summed E-state index contributed by atoms with van der Waals surface area (Å²) in [6.07, 6.45) is 8.28. The van der Waals surface area contributed by atoms with Crippen molar-refractivity contribution in [1.82, 2.24) is 4.90 Å². The molecule has 0 saturated heterocycles. The van der Waals surface area contributed by atoms with Crippen molar-refractivity contribution in [2.45, 2.75) is 75.9 Å². The number of carbonyl (C=O) groups excluding carboxylic acids is 2. The summed E-state index contributed by atoms with van der Waals surface area (Å²) in [6, 6.07) is 25.2. The number of carbonyl (C=O) groups is 2. The first kappa shape index (κ1) is 47.4. The topological polar surface area (TPSA) is 189 Å². The number of benzene rings is 4. The van der Waals surface area contributed by atoms with Crippen LogP contribution in [-0.2, 0) is 27.5 Å². The van der Waals surface area contributed by atoms with Crippen LogP contribution in [-0.4, -0.2) is 83.9 Å². The van der Waals surface area contributed by atoms with Gasteiger partial charge in [-0.2, -0.15) is 0 Å². The minimum atomic E-state index is -1.52. The first-order chi connectivity index (χ1) is 32.1. The molecule has 0 radical (unpaired) electrons. The largest absolute Gasteiger partial charge is 0.496 e. The third kappa shape index (κ3) is 10.4. The lowest BCUT2D eigenvalue weighted by molar-refractivity contribution is -0.384. The molecule has 1 fully saturated rings. The van der Waals surface area contributed by atoms with Gasteiger partial charge in [-0.3, -0.25) is 14.9 Å². The highest BCUT2D eigenvalue weighted by atomic mass is 16.7. The number of hydrogen-bond donors (Lipinski definition) is 2. The quantitative estimate of drug-likeness (QED) is 0.0250. The average Bonchev–Trinajstić information content (AvgIpc) is 3.34. The molecule has 1 aliphatic heterocycles. The number of fused-ring (bicyclic) bond motifs is 2. The van der Waals surface area contributed by atoms with Crippen LogP contribution >= 0.6 is 0 Å². The number of aldehydes is 1. The summed E-state index contributed by atoms with van der Waals surface area (Å²) in [5.74, 6) is -0.650. The van der Waals surface area contributed by atoms with Crippen molar-refractivity contribution in [3.05, 3.63) is 148 Å². The van der Waals surface area contributed by atoms with Crippen LogP contribution in [0.3, 0.4) is 0 Å². The Balaban J connectivity index is 1.38. The molecule has 0 bridgehead atoms. The van der Waals surface area contributed by atoms with Gasteiger partial charge in [-0.1, -0.05) is 60.5 Å². The van der Waals surface area contributed by atoms with Crippen LogP contribution in [0.2, 0.25) is 0 Å². The molecule has 66 heavy (non-hydrogen) atoms. The van der Waals surface area contributed by atoms with Gasteiger partial charge in [0.1, 0.15) is 42.3 Å². The second-order valence-electron chi connectivity index (χ2n) is 16.7. The zero-order chi connectivity index (χ0) is 46.6. The summed E-state index contributed by atoms with van der Waals surface area (Å²) in [4.78, 5) is 44.7. The van der Waals surface area contributed by atoms with E-state index in [9.17, 15) is 29.9 Å². The number of aliphatic hydroxyl groups is 2. The maximum absolute atomic E-state index is 14.3. The maximum Gasteiger partial charge on any atom is 0.410 e. The molecule has 6 atom stereocenters. The zero-order valence-corrected chi connectivity index (χ0v) is 37.3. The molecule has 2 N–H and O–H groups in total. The number of nitro benzene ring substituents is 1. The molecule has 1 amide bonds. The van der Waals surface area contributed by atoms with E-state index in [1.165, 1.54) is 24.1 Å². The van der Waals surface area contributed by atoms with Gasteiger partial charge in [-0.05, 0) is 103 Å². The van der Waals surface area contributed by atoms with E-state index < -0.39 is 28.8 Å². The van der Waals surface area contributed by atoms with Gasteiger partial charge in [0.05, 0.1) is 35.8 Å². The molecule has 6 unspecified atom stereocenters. The fourth-order valence-corrected chi connectivity index (χ4v) is 9.64. The molecule has 0 spiro atoms. The number of nitrogens with zero attached hydrogens (tertiary/aromatic N) is 3. The molecule has 7 rings (SSSR count). The normalized spacial score (nSPS) is 22.2. The molecular weight excluding hydrogens is 847 g/mol. The van der Waals surface area contributed by atoms with Crippen LogP contribution in [0.4, 0.5) is 10.5 Å². The second-order valence-corrected chi connectivity index (χ2v) is 16.7. The van der Waals surface area contributed by atoms with Gasteiger partial charge in [0.15, 0.2) is 6.29 Å². The van der Waals surface area contributed by atoms with Crippen LogP contribution in [0, 0.1) is 27.9 Å². The standard InChI is InChI=1S/C51H57N3O12/c1-4-26-63-51-47(53(2)50(58)62-32-34-12-6-5-7-13-34)30-44(52-64-33-35-16-18-38(19-17-35)54(59)60)42-28-36(14-8-10-24-55)41(15-9-11-25-56)48(49(42)51)43-29-40(21-23-46(43)66-51)65-39-20-22-45(61-3)37(27-39)31-57/h4-7,12-13,16-23,27-29,31,36,41,47-49,55-56H,1,8-11,14-15,24-26,30,32-33H2,2-3H3. The highest BCUT2D eigenvalue weighted by Crippen LogP contribution is 2.62. The molecule has 15 nitrogen and oxygen atoms in total. The lowest BCUT2D eigenvalue weighted by atomic mass is 9.55. The summed E-state index contributed by atoms with van der Waals surface area (Å²) in [5, 5.41) is 36.1. The van der Waals surface area contributed by atoms with Gasteiger partial charge in [0, 0.05) is 50.3 Å². The monoisotopic (exact) mass is 903 g/mol. The number of rotatable bonds is 22. The Morgan fingerprint density at radius 2 is 1.67 bits per heavy atom. The number of likely N-dealkylation sites (N-methyl/N-ethyl adjacent to an activating group) is 1. The fourth-order valence-electron chi connectivity index (χ4n) is 9.64. The Hall–Kier alpha value is -6.55. The minimum absolute atomic E-state index is 0.0154. The summed E-state index contributed by atoms with van der Waals surface area (Å²) in [6.45, 7) is 4.19. The van der Waals surface area contributed by atoms with Gasteiger partial charge < -0.3 is 43.6 Å². The van der Waals surface area contributed by atoms with E-state index >= 15 is 0 Å². The van der Waals surface area contributed by atoms with Crippen molar-refractivity contribution in [3.8, 4) is 23.0 Å². The number of aliphatic hydroxyl groups excluding tert-OH is 2. The van der Waals surface area contributed by atoms with E-state index in [0.29, 0.717) is 59.0 Å². The van der Waals surface area contributed by atoms with Crippen LogP contribution in [0.15, 0.2) is 120 Å². The summed E-state index contributed by atoms with van der Waals surface area (Å²) in [5.41, 5.74) is 4.01. The van der Waals surface area contributed by atoms with E-state index in [1.807, 2.05) is 42.5 Å². The van der Waals surface area contributed by atoms with Crippen LogP contribution in [0.1, 0.15) is 77.9 Å². The van der Waals surface area contributed by atoms with Crippen molar-refractivity contribution < 1.29 is 53.2 Å². The lowest BCUT2D eigenvalue weighted by Crippen LogP contribution is -2.69. The van der Waals surface area contributed by atoms with Gasteiger partial charge >= 0.3 is 6.09 Å².